The van der Waals surface area contributed by atoms with Crippen LogP contribution in [0.5, 0.6) is 11.5 Å². The van der Waals surface area contributed by atoms with Crippen molar-refractivity contribution < 1.29 is 18.5 Å². The smallest absolute Gasteiger partial charge is 0.414 e. The van der Waals surface area contributed by atoms with Gasteiger partial charge in [-0.15, -0.1) is 10.2 Å². The second kappa shape index (κ2) is 9.59. The van der Waals surface area contributed by atoms with Crippen LogP contribution in [-0.4, -0.2) is 15.1 Å². The third-order valence-corrected chi connectivity index (χ3v) is 6.90. The molecule has 1 atom stereocenters. The summed E-state index contributed by atoms with van der Waals surface area (Å²) >= 11 is 1.19. The van der Waals surface area contributed by atoms with Crippen LogP contribution >= 0.6 is 18.9 Å². The van der Waals surface area contributed by atoms with E-state index in [1.54, 1.807) is 66.7 Å². The number of nitrogens with one attached hydrogen (secondary N) is 1. The number of benzene rings is 3. The van der Waals surface area contributed by atoms with Crippen molar-refractivity contribution in [3.8, 4) is 11.5 Å². The summed E-state index contributed by atoms with van der Waals surface area (Å²) in [6, 6.07) is 23.0. The zero-order valence-corrected chi connectivity index (χ0v) is 18.2. The monoisotopic (exact) mass is 468 g/mol. The van der Waals surface area contributed by atoms with Crippen molar-refractivity contribution in [1.82, 2.24) is 10.2 Å². The second-order valence-corrected chi connectivity index (χ2v) is 9.29. The van der Waals surface area contributed by atoms with Crippen LogP contribution in [0.1, 0.15) is 11.3 Å². The molecule has 0 aliphatic heterocycles. The minimum absolute atomic E-state index is 0.155. The Morgan fingerprint density at radius 2 is 1.56 bits per heavy atom. The quantitative estimate of drug-likeness (QED) is 0.183. The lowest BCUT2D eigenvalue weighted by Gasteiger charge is -2.28. The highest BCUT2D eigenvalue weighted by Gasteiger charge is 2.42. The molecule has 1 aromatic heterocycles. The van der Waals surface area contributed by atoms with Gasteiger partial charge in [-0.1, -0.05) is 59.9 Å². The lowest BCUT2D eigenvalue weighted by molar-refractivity contribution is -0.384. The summed E-state index contributed by atoms with van der Waals surface area (Å²) in [6.07, 6.45) is 0. The van der Waals surface area contributed by atoms with Crippen LogP contribution < -0.4 is 14.4 Å². The summed E-state index contributed by atoms with van der Waals surface area (Å²) < 4.78 is 26.2. The Bertz CT molecular complexity index is 1180. The topological polar surface area (TPSA) is 116 Å². The molecule has 1 N–H and O–H groups in total. The number of nitrogens with zero attached hydrogens (tertiary/aromatic N) is 3. The first-order valence-corrected chi connectivity index (χ1v) is 11.9. The van der Waals surface area contributed by atoms with E-state index < -0.39 is 18.3 Å². The van der Waals surface area contributed by atoms with Gasteiger partial charge in [-0.2, -0.15) is 0 Å². The second-order valence-electron chi connectivity index (χ2n) is 6.49. The van der Waals surface area contributed by atoms with Crippen LogP contribution in [0.4, 0.5) is 10.8 Å². The van der Waals surface area contributed by atoms with Gasteiger partial charge in [-0.3, -0.25) is 10.1 Å². The fourth-order valence-corrected chi connectivity index (χ4v) is 5.33. The Kier molecular flexibility index (Phi) is 6.44. The minimum atomic E-state index is -4.08. The van der Waals surface area contributed by atoms with Crippen LogP contribution in [0.2, 0.25) is 0 Å². The van der Waals surface area contributed by atoms with Gasteiger partial charge in [0.2, 0.25) is 5.13 Å². The molecule has 9 nitrogen and oxygen atoms in total. The van der Waals surface area contributed by atoms with Gasteiger partial charge in [0, 0.05) is 12.1 Å². The maximum Gasteiger partial charge on any atom is 0.457 e. The highest BCUT2D eigenvalue weighted by atomic mass is 32.1. The largest absolute Gasteiger partial charge is 0.457 e. The number of rotatable bonds is 9. The maximum atomic E-state index is 14.3. The fourth-order valence-electron chi connectivity index (χ4n) is 2.89. The zero-order valence-electron chi connectivity index (χ0n) is 16.5. The summed E-state index contributed by atoms with van der Waals surface area (Å²) in [4.78, 5) is 10.8. The van der Waals surface area contributed by atoms with E-state index in [0.717, 1.165) is 0 Å². The Morgan fingerprint density at radius 1 is 0.938 bits per heavy atom. The van der Waals surface area contributed by atoms with Gasteiger partial charge < -0.3 is 14.4 Å². The molecular formula is C21H17N4O5PS. The average molecular weight is 468 g/mol. The van der Waals surface area contributed by atoms with E-state index in [1.165, 1.54) is 35.0 Å². The van der Waals surface area contributed by atoms with Gasteiger partial charge in [0.25, 0.3) is 5.69 Å². The van der Waals surface area contributed by atoms with Gasteiger partial charge in [-0.25, -0.2) is 4.57 Å². The average Bonchev–Trinajstić information content (AvgIpc) is 3.32. The predicted molar refractivity (Wildman–Crippen MR) is 121 cm³/mol. The molecule has 0 aliphatic carbocycles. The first-order chi connectivity index (χ1) is 15.5. The van der Waals surface area contributed by atoms with Crippen molar-refractivity contribution in [2.24, 2.45) is 0 Å². The summed E-state index contributed by atoms with van der Waals surface area (Å²) in [6.45, 7) is 0. The molecule has 0 radical (unpaired) electrons. The number of non-ortho nitro benzene ring substituents is 1. The molecule has 162 valence electrons. The molecule has 4 rings (SSSR count). The molecule has 0 spiro atoms. The third-order valence-electron chi connectivity index (χ3n) is 4.28. The molecular weight excluding hydrogens is 451 g/mol. The van der Waals surface area contributed by atoms with Crippen molar-refractivity contribution in [3.63, 3.8) is 0 Å². The van der Waals surface area contributed by atoms with Crippen molar-refractivity contribution in [1.29, 1.82) is 0 Å². The summed E-state index contributed by atoms with van der Waals surface area (Å²) in [5.74, 6) is -0.474. The van der Waals surface area contributed by atoms with Crippen LogP contribution in [0, 0.1) is 10.1 Å². The van der Waals surface area contributed by atoms with E-state index in [1.807, 2.05) is 0 Å². The molecule has 4 aromatic rings. The minimum Gasteiger partial charge on any atom is -0.414 e. The van der Waals surface area contributed by atoms with E-state index in [9.17, 15) is 14.7 Å². The number of nitro benzene ring substituents is 1. The molecule has 1 unspecified atom stereocenters. The standard InChI is InChI=1S/C21H17N4O5PS/c26-25(27)17-9-7-8-16(14-17)20(23-21-24-22-15-32-21)31(28,29-18-10-3-1-4-11-18)30-19-12-5-2-6-13-19/h1-15,20H,(H,23,24). The molecule has 0 saturated heterocycles. The van der Waals surface area contributed by atoms with Gasteiger partial charge in [0.15, 0.2) is 5.78 Å². The SMILES string of the molecule is O=[N+]([O-])c1cccc(C(Nc2nncs2)P(=O)(Oc2ccccc2)Oc2ccccc2)c1. The third kappa shape index (κ3) is 5.11. The van der Waals surface area contributed by atoms with Gasteiger partial charge in [-0.05, 0) is 29.8 Å². The van der Waals surface area contributed by atoms with E-state index in [-0.39, 0.29) is 5.69 Å². The summed E-state index contributed by atoms with van der Waals surface area (Å²) in [5, 5.41) is 22.5. The first-order valence-electron chi connectivity index (χ1n) is 9.39. The zero-order chi connectivity index (χ0) is 22.4. The van der Waals surface area contributed by atoms with Gasteiger partial charge in [0.05, 0.1) is 4.92 Å². The molecule has 0 bridgehead atoms. The summed E-state index contributed by atoms with van der Waals surface area (Å²) in [7, 11) is -4.08. The van der Waals surface area contributed by atoms with Gasteiger partial charge in [0.1, 0.15) is 17.0 Å². The molecule has 1 heterocycles. The molecule has 0 fully saturated rings. The lowest BCUT2D eigenvalue weighted by atomic mass is 10.2. The number of para-hydroxylation sites is 2. The fraction of sp³-hybridized carbons (Fsp3) is 0.0476. The number of hydrogen-bond donors (Lipinski definition) is 1. The Labute approximate surface area is 187 Å². The van der Waals surface area contributed by atoms with Crippen molar-refractivity contribution >= 4 is 29.8 Å². The normalized spacial score (nSPS) is 12.0. The summed E-state index contributed by atoms with van der Waals surface area (Å²) in [5.41, 5.74) is 1.69. The maximum absolute atomic E-state index is 14.3. The van der Waals surface area contributed by atoms with E-state index >= 15 is 0 Å². The number of hydrogen-bond acceptors (Lipinski definition) is 9. The van der Waals surface area contributed by atoms with E-state index in [0.29, 0.717) is 22.2 Å². The highest BCUT2D eigenvalue weighted by Crippen LogP contribution is 2.60. The Hall–Kier alpha value is -3.75. The predicted octanol–water partition coefficient (Wildman–Crippen LogP) is 5.91. The molecule has 32 heavy (non-hydrogen) atoms. The van der Waals surface area contributed by atoms with E-state index in [2.05, 4.69) is 15.5 Å². The Morgan fingerprint density at radius 3 is 2.09 bits per heavy atom. The lowest BCUT2D eigenvalue weighted by Crippen LogP contribution is -2.18. The van der Waals surface area contributed by atoms with E-state index in [4.69, 9.17) is 9.05 Å². The molecule has 0 amide bonds. The molecule has 0 aliphatic rings. The van der Waals surface area contributed by atoms with Crippen molar-refractivity contribution in [2.45, 2.75) is 5.78 Å². The Balaban J connectivity index is 1.82. The van der Waals surface area contributed by atoms with Crippen molar-refractivity contribution in [3.05, 3.63) is 106 Å². The number of aromatic nitrogens is 2. The molecule has 3 aromatic carbocycles. The highest BCUT2D eigenvalue weighted by molar-refractivity contribution is 7.55. The van der Waals surface area contributed by atoms with Crippen LogP contribution in [-0.2, 0) is 4.57 Å². The van der Waals surface area contributed by atoms with Crippen LogP contribution in [0.25, 0.3) is 0 Å². The molecule has 0 saturated carbocycles. The van der Waals surface area contributed by atoms with Gasteiger partial charge >= 0.3 is 7.60 Å². The number of anilines is 1. The van der Waals surface area contributed by atoms with Crippen molar-refractivity contribution in [2.75, 3.05) is 5.32 Å². The first kappa shape index (κ1) is 21.5. The number of nitro groups is 1. The van der Waals surface area contributed by atoms with Crippen LogP contribution in [0.3, 0.4) is 0 Å². The van der Waals surface area contributed by atoms with Crippen LogP contribution in [0.15, 0.2) is 90.4 Å². The molecule has 11 heteroatoms.